The van der Waals surface area contributed by atoms with Crippen molar-refractivity contribution in [2.24, 2.45) is 0 Å². The molecule has 0 amide bonds. The Labute approximate surface area is 91.4 Å². The first-order valence-electron chi connectivity index (χ1n) is 5.47. The first-order chi connectivity index (χ1) is 6.97. The van der Waals surface area contributed by atoms with Gasteiger partial charge in [0.05, 0.1) is 12.7 Å². The molecule has 1 rings (SSSR count). The molecule has 0 aromatic carbocycles. The maximum atomic E-state index is 11.3. The molecule has 1 fully saturated rings. The Balaban J connectivity index is 2.31. The summed E-state index contributed by atoms with van der Waals surface area (Å²) in [4.78, 5) is 11.3. The summed E-state index contributed by atoms with van der Waals surface area (Å²) < 4.78 is 11.3. The minimum atomic E-state index is -0.447. The SMILES string of the molecule is C=C(C)C(=O)CCC1CO[C@@](C)(CC)O1. The van der Waals surface area contributed by atoms with Crippen molar-refractivity contribution in [3.63, 3.8) is 0 Å². The van der Waals surface area contributed by atoms with E-state index in [4.69, 9.17) is 9.47 Å². The van der Waals surface area contributed by atoms with E-state index in [1.165, 1.54) is 0 Å². The summed E-state index contributed by atoms with van der Waals surface area (Å²) in [6, 6.07) is 0. The average Bonchev–Trinajstić information content (AvgIpc) is 2.57. The van der Waals surface area contributed by atoms with E-state index in [0.29, 0.717) is 18.6 Å². The van der Waals surface area contributed by atoms with Crippen molar-refractivity contribution in [3.05, 3.63) is 12.2 Å². The Bertz CT molecular complexity index is 260. The van der Waals surface area contributed by atoms with Gasteiger partial charge in [-0.3, -0.25) is 4.79 Å². The number of ketones is 1. The van der Waals surface area contributed by atoms with Crippen LogP contribution in [0.15, 0.2) is 12.2 Å². The highest BCUT2D eigenvalue weighted by atomic mass is 16.7. The topological polar surface area (TPSA) is 35.5 Å². The van der Waals surface area contributed by atoms with Crippen LogP contribution in [0.5, 0.6) is 0 Å². The van der Waals surface area contributed by atoms with Gasteiger partial charge in [0.1, 0.15) is 0 Å². The Kier molecular flexibility index (Phi) is 4.05. The summed E-state index contributed by atoms with van der Waals surface area (Å²) in [5.74, 6) is -0.333. The number of ether oxygens (including phenoxy) is 2. The van der Waals surface area contributed by atoms with Gasteiger partial charge in [0.25, 0.3) is 0 Å². The summed E-state index contributed by atoms with van der Waals surface area (Å²) in [6.07, 6.45) is 2.11. The fraction of sp³-hybridized carbons (Fsp3) is 0.750. The first kappa shape index (κ1) is 12.4. The molecule has 1 saturated heterocycles. The van der Waals surface area contributed by atoms with Crippen LogP contribution in [0.2, 0.25) is 0 Å². The fourth-order valence-corrected chi connectivity index (χ4v) is 1.52. The normalized spacial score (nSPS) is 30.5. The van der Waals surface area contributed by atoms with Crippen LogP contribution in [0, 0.1) is 0 Å². The molecule has 0 radical (unpaired) electrons. The molecule has 2 atom stereocenters. The van der Waals surface area contributed by atoms with Crippen LogP contribution in [-0.2, 0) is 14.3 Å². The maximum absolute atomic E-state index is 11.3. The smallest absolute Gasteiger partial charge is 0.165 e. The number of carbonyl (C=O) groups excluding carboxylic acids is 1. The van der Waals surface area contributed by atoms with Crippen molar-refractivity contribution < 1.29 is 14.3 Å². The third-order valence-corrected chi connectivity index (χ3v) is 2.80. The van der Waals surface area contributed by atoms with Gasteiger partial charge in [-0.2, -0.15) is 0 Å². The number of hydrogen-bond donors (Lipinski definition) is 0. The molecule has 0 saturated carbocycles. The van der Waals surface area contributed by atoms with Gasteiger partial charge in [0.15, 0.2) is 11.6 Å². The van der Waals surface area contributed by atoms with Crippen molar-refractivity contribution in [2.45, 2.75) is 51.9 Å². The quantitative estimate of drug-likeness (QED) is 0.657. The van der Waals surface area contributed by atoms with E-state index in [1.807, 2.05) is 13.8 Å². The largest absolute Gasteiger partial charge is 0.348 e. The third kappa shape index (κ3) is 3.43. The average molecular weight is 212 g/mol. The number of carbonyl (C=O) groups is 1. The van der Waals surface area contributed by atoms with E-state index in [2.05, 4.69) is 6.58 Å². The molecule has 0 aromatic heterocycles. The van der Waals surface area contributed by atoms with Gasteiger partial charge in [-0.05, 0) is 32.3 Å². The molecule has 86 valence electrons. The van der Waals surface area contributed by atoms with Crippen LogP contribution >= 0.6 is 0 Å². The zero-order chi connectivity index (χ0) is 11.5. The van der Waals surface area contributed by atoms with Crippen LogP contribution in [0.25, 0.3) is 0 Å². The molecule has 1 aliphatic heterocycles. The minimum absolute atomic E-state index is 0.0539. The lowest BCUT2D eigenvalue weighted by molar-refractivity contribution is -0.156. The lowest BCUT2D eigenvalue weighted by Crippen LogP contribution is -2.25. The van der Waals surface area contributed by atoms with Crippen LogP contribution in [0.4, 0.5) is 0 Å². The predicted octanol–water partition coefficient (Wildman–Crippen LogP) is 2.45. The molecular weight excluding hydrogens is 192 g/mol. The van der Waals surface area contributed by atoms with Gasteiger partial charge in [-0.1, -0.05) is 13.5 Å². The molecule has 3 heteroatoms. The van der Waals surface area contributed by atoms with E-state index in [1.54, 1.807) is 6.92 Å². The van der Waals surface area contributed by atoms with Crippen molar-refractivity contribution in [3.8, 4) is 0 Å². The van der Waals surface area contributed by atoms with Crippen LogP contribution < -0.4 is 0 Å². The van der Waals surface area contributed by atoms with Gasteiger partial charge in [0, 0.05) is 6.42 Å². The molecule has 1 heterocycles. The number of rotatable bonds is 5. The molecule has 0 aliphatic carbocycles. The van der Waals surface area contributed by atoms with E-state index >= 15 is 0 Å². The molecule has 1 aliphatic rings. The van der Waals surface area contributed by atoms with Crippen molar-refractivity contribution in [1.82, 2.24) is 0 Å². The van der Waals surface area contributed by atoms with Crippen molar-refractivity contribution in [2.75, 3.05) is 6.61 Å². The minimum Gasteiger partial charge on any atom is -0.348 e. The molecule has 15 heavy (non-hydrogen) atoms. The molecule has 1 unspecified atom stereocenters. The van der Waals surface area contributed by atoms with Crippen molar-refractivity contribution in [1.29, 1.82) is 0 Å². The monoisotopic (exact) mass is 212 g/mol. The van der Waals surface area contributed by atoms with Crippen molar-refractivity contribution >= 4 is 5.78 Å². The molecule has 0 aromatic rings. The number of allylic oxidation sites excluding steroid dienone is 1. The zero-order valence-corrected chi connectivity index (χ0v) is 9.84. The van der Waals surface area contributed by atoms with E-state index in [9.17, 15) is 4.79 Å². The number of hydrogen-bond acceptors (Lipinski definition) is 3. The summed E-state index contributed by atoms with van der Waals surface area (Å²) in [5.41, 5.74) is 0.618. The molecule has 0 bridgehead atoms. The third-order valence-electron chi connectivity index (χ3n) is 2.80. The zero-order valence-electron chi connectivity index (χ0n) is 9.84. The second-order valence-corrected chi connectivity index (χ2v) is 4.28. The second-order valence-electron chi connectivity index (χ2n) is 4.28. The molecule has 0 N–H and O–H groups in total. The van der Waals surface area contributed by atoms with Crippen LogP contribution in [0.3, 0.4) is 0 Å². The van der Waals surface area contributed by atoms with Gasteiger partial charge in [0.2, 0.25) is 0 Å². The Hall–Kier alpha value is -0.670. The highest BCUT2D eigenvalue weighted by molar-refractivity contribution is 5.94. The van der Waals surface area contributed by atoms with Crippen LogP contribution in [0.1, 0.15) is 40.0 Å². The molecular formula is C12H20O3. The van der Waals surface area contributed by atoms with Crippen LogP contribution in [-0.4, -0.2) is 24.3 Å². The van der Waals surface area contributed by atoms with Gasteiger partial charge < -0.3 is 9.47 Å². The lowest BCUT2D eigenvalue weighted by atomic mass is 10.1. The van der Waals surface area contributed by atoms with Gasteiger partial charge in [-0.25, -0.2) is 0 Å². The standard InChI is InChI=1S/C12H20O3/c1-5-12(4)14-8-10(15-12)6-7-11(13)9(2)3/h10H,2,5-8H2,1,3-4H3/t10?,12-/m1/s1. The van der Waals surface area contributed by atoms with Gasteiger partial charge in [-0.15, -0.1) is 0 Å². The Morgan fingerprint density at radius 1 is 1.60 bits per heavy atom. The number of Topliss-reactive ketones (excluding diaryl/α,β-unsaturated/α-hetero) is 1. The highest BCUT2D eigenvalue weighted by Gasteiger charge is 2.35. The Morgan fingerprint density at radius 2 is 2.27 bits per heavy atom. The second kappa shape index (κ2) is 4.90. The summed E-state index contributed by atoms with van der Waals surface area (Å²) in [6.45, 7) is 9.92. The summed E-state index contributed by atoms with van der Waals surface area (Å²) in [7, 11) is 0. The Morgan fingerprint density at radius 3 is 2.73 bits per heavy atom. The van der Waals surface area contributed by atoms with E-state index in [0.717, 1.165) is 12.8 Å². The maximum Gasteiger partial charge on any atom is 0.165 e. The summed E-state index contributed by atoms with van der Waals surface area (Å²) in [5, 5.41) is 0. The van der Waals surface area contributed by atoms with E-state index in [-0.39, 0.29) is 11.9 Å². The summed E-state index contributed by atoms with van der Waals surface area (Å²) >= 11 is 0. The highest BCUT2D eigenvalue weighted by Crippen LogP contribution is 2.28. The molecule has 0 spiro atoms. The van der Waals surface area contributed by atoms with E-state index < -0.39 is 5.79 Å². The van der Waals surface area contributed by atoms with Gasteiger partial charge >= 0.3 is 0 Å². The molecule has 3 nitrogen and oxygen atoms in total. The first-order valence-corrected chi connectivity index (χ1v) is 5.47. The lowest BCUT2D eigenvalue weighted by Gasteiger charge is -2.20. The fourth-order valence-electron chi connectivity index (χ4n) is 1.52. The predicted molar refractivity (Wildman–Crippen MR) is 58.6 cm³/mol.